The van der Waals surface area contributed by atoms with Crippen LogP contribution < -0.4 is 5.32 Å². The van der Waals surface area contributed by atoms with Crippen LogP contribution in [0.1, 0.15) is 31.2 Å². The van der Waals surface area contributed by atoms with Crippen molar-refractivity contribution in [2.24, 2.45) is 0 Å². The Morgan fingerprint density at radius 1 is 1.20 bits per heavy atom. The molecular formula is C14H19N. The van der Waals surface area contributed by atoms with Gasteiger partial charge in [-0.15, -0.1) is 0 Å². The molecule has 1 aliphatic rings. The van der Waals surface area contributed by atoms with Crippen LogP contribution in [0.3, 0.4) is 0 Å². The van der Waals surface area contributed by atoms with Crippen molar-refractivity contribution in [3.63, 3.8) is 0 Å². The zero-order valence-corrected chi connectivity index (χ0v) is 9.15. The molecule has 15 heavy (non-hydrogen) atoms. The summed E-state index contributed by atoms with van der Waals surface area (Å²) in [6, 6.07) is 11.2. The number of hydrogen-bond acceptors (Lipinski definition) is 1. The van der Waals surface area contributed by atoms with Gasteiger partial charge in [0.15, 0.2) is 0 Å². The fourth-order valence-electron chi connectivity index (χ4n) is 2.06. The van der Waals surface area contributed by atoms with E-state index in [-0.39, 0.29) is 0 Å². The molecule has 1 aromatic carbocycles. The summed E-state index contributed by atoms with van der Waals surface area (Å²) in [5.41, 5.74) is 1.30. The molecule has 1 atom stereocenters. The van der Waals surface area contributed by atoms with Gasteiger partial charge in [0.1, 0.15) is 0 Å². The van der Waals surface area contributed by atoms with Gasteiger partial charge in [0.2, 0.25) is 0 Å². The highest BCUT2D eigenvalue weighted by Crippen LogP contribution is 2.11. The molecule has 0 amide bonds. The van der Waals surface area contributed by atoms with E-state index in [1.807, 2.05) is 0 Å². The van der Waals surface area contributed by atoms with Crippen molar-refractivity contribution < 1.29 is 0 Å². The van der Waals surface area contributed by atoms with E-state index in [9.17, 15) is 0 Å². The van der Waals surface area contributed by atoms with Gasteiger partial charge in [-0.1, -0.05) is 48.9 Å². The molecule has 1 aromatic rings. The molecule has 1 saturated heterocycles. The van der Waals surface area contributed by atoms with Crippen LogP contribution in [-0.4, -0.2) is 12.6 Å². The molecule has 1 nitrogen and oxygen atoms in total. The van der Waals surface area contributed by atoms with Crippen molar-refractivity contribution in [2.45, 2.75) is 31.7 Å². The Hall–Kier alpha value is -1.08. The zero-order valence-electron chi connectivity index (χ0n) is 9.15. The Kier molecular flexibility index (Phi) is 3.98. The molecule has 0 bridgehead atoms. The van der Waals surface area contributed by atoms with Crippen LogP contribution in [-0.2, 0) is 0 Å². The number of benzene rings is 1. The van der Waals surface area contributed by atoms with E-state index in [1.165, 1.54) is 31.4 Å². The fraction of sp³-hybridized carbons (Fsp3) is 0.429. The van der Waals surface area contributed by atoms with Crippen molar-refractivity contribution in [2.75, 3.05) is 6.54 Å². The van der Waals surface area contributed by atoms with Crippen LogP contribution in [0.25, 0.3) is 6.08 Å². The highest BCUT2D eigenvalue weighted by atomic mass is 14.9. The molecule has 0 aliphatic carbocycles. The minimum atomic E-state index is 0.707. The Bertz CT molecular complexity index is 296. The summed E-state index contributed by atoms with van der Waals surface area (Å²) < 4.78 is 0. The molecule has 1 heteroatoms. The number of piperidine rings is 1. The molecule has 80 valence electrons. The first-order valence-electron chi connectivity index (χ1n) is 5.90. The summed E-state index contributed by atoms with van der Waals surface area (Å²) >= 11 is 0. The van der Waals surface area contributed by atoms with Crippen molar-refractivity contribution in [1.29, 1.82) is 0 Å². The minimum Gasteiger partial charge on any atom is -0.314 e. The molecule has 0 saturated carbocycles. The second-order valence-electron chi connectivity index (χ2n) is 4.20. The molecule has 2 rings (SSSR count). The molecule has 1 unspecified atom stereocenters. The first kappa shape index (κ1) is 10.4. The van der Waals surface area contributed by atoms with Crippen molar-refractivity contribution in [3.05, 3.63) is 42.0 Å². The fourth-order valence-corrected chi connectivity index (χ4v) is 2.06. The van der Waals surface area contributed by atoms with Crippen molar-refractivity contribution >= 4 is 6.08 Å². The van der Waals surface area contributed by atoms with Crippen LogP contribution in [0.5, 0.6) is 0 Å². The Labute approximate surface area is 92.2 Å². The van der Waals surface area contributed by atoms with Crippen LogP contribution in [0.15, 0.2) is 36.4 Å². The van der Waals surface area contributed by atoms with Crippen LogP contribution >= 0.6 is 0 Å². The lowest BCUT2D eigenvalue weighted by atomic mass is 10.0. The van der Waals surface area contributed by atoms with E-state index in [2.05, 4.69) is 47.8 Å². The maximum atomic E-state index is 3.55. The summed E-state index contributed by atoms with van der Waals surface area (Å²) in [6.45, 7) is 1.20. The summed E-state index contributed by atoms with van der Waals surface area (Å²) in [7, 11) is 0. The summed E-state index contributed by atoms with van der Waals surface area (Å²) in [5.74, 6) is 0. The third-order valence-corrected chi connectivity index (χ3v) is 2.94. The Balaban J connectivity index is 1.79. The van der Waals surface area contributed by atoms with Crippen LogP contribution in [0.2, 0.25) is 0 Å². The second kappa shape index (κ2) is 5.72. The van der Waals surface area contributed by atoms with Gasteiger partial charge in [0.05, 0.1) is 0 Å². The maximum absolute atomic E-state index is 3.55. The van der Waals surface area contributed by atoms with Gasteiger partial charge in [-0.3, -0.25) is 0 Å². The average molecular weight is 201 g/mol. The van der Waals surface area contributed by atoms with E-state index in [4.69, 9.17) is 0 Å². The summed E-state index contributed by atoms with van der Waals surface area (Å²) in [6.07, 6.45) is 9.73. The van der Waals surface area contributed by atoms with Gasteiger partial charge < -0.3 is 5.32 Å². The number of nitrogens with one attached hydrogen (secondary N) is 1. The third-order valence-electron chi connectivity index (χ3n) is 2.94. The van der Waals surface area contributed by atoms with Gasteiger partial charge in [-0.25, -0.2) is 0 Å². The minimum absolute atomic E-state index is 0.707. The first-order chi connectivity index (χ1) is 7.45. The molecule has 1 aliphatic heterocycles. The topological polar surface area (TPSA) is 12.0 Å². The van der Waals surface area contributed by atoms with Gasteiger partial charge in [0, 0.05) is 6.04 Å². The van der Waals surface area contributed by atoms with E-state index in [0.29, 0.717) is 6.04 Å². The van der Waals surface area contributed by atoms with Crippen LogP contribution in [0, 0.1) is 0 Å². The Morgan fingerprint density at radius 3 is 2.80 bits per heavy atom. The average Bonchev–Trinajstić information content (AvgIpc) is 2.32. The highest BCUT2D eigenvalue weighted by molar-refractivity contribution is 5.48. The highest BCUT2D eigenvalue weighted by Gasteiger charge is 2.09. The molecule has 1 N–H and O–H groups in total. The third kappa shape index (κ3) is 3.52. The van der Waals surface area contributed by atoms with Gasteiger partial charge >= 0.3 is 0 Å². The van der Waals surface area contributed by atoms with Crippen molar-refractivity contribution in [1.82, 2.24) is 5.32 Å². The smallest absolute Gasteiger partial charge is 0.0102 e. The maximum Gasteiger partial charge on any atom is 0.0102 e. The summed E-state index contributed by atoms with van der Waals surface area (Å²) in [5, 5.41) is 3.55. The molecule has 1 fully saturated rings. The standard InChI is InChI=1S/C14H19N/c1-2-7-13(8-3-1)9-6-11-14-10-4-5-12-15-14/h1-3,6-9,14-15H,4-5,10-12H2. The van der Waals surface area contributed by atoms with Crippen molar-refractivity contribution in [3.8, 4) is 0 Å². The zero-order chi connectivity index (χ0) is 10.3. The van der Waals surface area contributed by atoms with Gasteiger partial charge in [0.25, 0.3) is 0 Å². The Morgan fingerprint density at radius 2 is 2.07 bits per heavy atom. The molecule has 0 aromatic heterocycles. The molecule has 1 heterocycles. The second-order valence-corrected chi connectivity index (χ2v) is 4.20. The normalized spacial score (nSPS) is 22.0. The van der Waals surface area contributed by atoms with Gasteiger partial charge in [-0.05, 0) is 31.4 Å². The van der Waals surface area contributed by atoms with E-state index in [1.54, 1.807) is 0 Å². The quantitative estimate of drug-likeness (QED) is 0.791. The molecule has 0 radical (unpaired) electrons. The predicted molar refractivity (Wildman–Crippen MR) is 65.7 cm³/mol. The molecule has 0 spiro atoms. The first-order valence-corrected chi connectivity index (χ1v) is 5.90. The number of hydrogen-bond donors (Lipinski definition) is 1. The summed E-state index contributed by atoms with van der Waals surface area (Å²) in [4.78, 5) is 0. The SMILES string of the molecule is C(=Cc1ccccc1)CC1CCCCN1. The largest absolute Gasteiger partial charge is 0.314 e. The lowest BCUT2D eigenvalue weighted by molar-refractivity contribution is 0.404. The molecular weight excluding hydrogens is 182 g/mol. The lowest BCUT2D eigenvalue weighted by Crippen LogP contribution is -2.33. The van der Waals surface area contributed by atoms with E-state index in [0.717, 1.165) is 6.42 Å². The van der Waals surface area contributed by atoms with E-state index >= 15 is 0 Å². The lowest BCUT2D eigenvalue weighted by Gasteiger charge is -2.21. The van der Waals surface area contributed by atoms with E-state index < -0.39 is 0 Å². The van der Waals surface area contributed by atoms with Crippen LogP contribution in [0.4, 0.5) is 0 Å². The van der Waals surface area contributed by atoms with Gasteiger partial charge in [-0.2, -0.15) is 0 Å². The number of rotatable bonds is 3. The predicted octanol–water partition coefficient (Wildman–Crippen LogP) is 3.23. The monoisotopic (exact) mass is 201 g/mol.